The Morgan fingerprint density at radius 1 is 1.35 bits per heavy atom. The van der Waals surface area contributed by atoms with Gasteiger partial charge in [0.15, 0.2) is 11.6 Å². The van der Waals surface area contributed by atoms with Crippen LogP contribution in [0.15, 0.2) is 18.2 Å². The van der Waals surface area contributed by atoms with Gasteiger partial charge in [0.05, 0.1) is 7.11 Å². The second-order valence-electron chi connectivity index (χ2n) is 5.67. The number of nitrogens with two attached hydrogens (primary N) is 1. The van der Waals surface area contributed by atoms with Gasteiger partial charge >= 0.3 is 0 Å². The van der Waals surface area contributed by atoms with Crippen molar-refractivity contribution in [3.05, 3.63) is 24.0 Å². The average molecular weight is 280 g/mol. The van der Waals surface area contributed by atoms with E-state index in [4.69, 9.17) is 10.5 Å². The van der Waals surface area contributed by atoms with Crippen LogP contribution in [0.1, 0.15) is 38.5 Å². The van der Waals surface area contributed by atoms with Gasteiger partial charge in [-0.25, -0.2) is 4.39 Å². The van der Waals surface area contributed by atoms with Crippen molar-refractivity contribution in [3.8, 4) is 5.75 Å². The number of nitrogens with one attached hydrogen (secondary N) is 1. The molecule has 1 fully saturated rings. The minimum atomic E-state index is -0.338. The van der Waals surface area contributed by atoms with Crippen LogP contribution in [-0.4, -0.2) is 19.7 Å². The van der Waals surface area contributed by atoms with Crippen LogP contribution in [-0.2, 0) is 0 Å². The third-order valence-electron chi connectivity index (χ3n) is 4.15. The maximum Gasteiger partial charge on any atom is 0.165 e. The van der Waals surface area contributed by atoms with Crippen molar-refractivity contribution in [2.24, 2.45) is 11.7 Å². The van der Waals surface area contributed by atoms with Gasteiger partial charge in [-0.3, -0.25) is 0 Å². The first-order chi connectivity index (χ1) is 9.72. The van der Waals surface area contributed by atoms with Crippen LogP contribution in [0.3, 0.4) is 0 Å². The maximum atomic E-state index is 13.4. The van der Waals surface area contributed by atoms with E-state index in [0.717, 1.165) is 18.0 Å². The zero-order valence-electron chi connectivity index (χ0n) is 12.2. The monoisotopic (exact) mass is 280 g/mol. The molecule has 0 spiro atoms. The molecule has 4 heteroatoms. The van der Waals surface area contributed by atoms with Crippen molar-refractivity contribution in [1.29, 1.82) is 0 Å². The maximum absolute atomic E-state index is 13.4. The highest BCUT2D eigenvalue weighted by Gasteiger charge is 2.18. The lowest BCUT2D eigenvalue weighted by Gasteiger charge is -2.27. The fourth-order valence-electron chi connectivity index (χ4n) is 3.02. The van der Waals surface area contributed by atoms with Crippen molar-refractivity contribution in [3.63, 3.8) is 0 Å². The molecule has 1 unspecified atom stereocenters. The lowest BCUT2D eigenvalue weighted by Crippen LogP contribution is -2.31. The molecule has 1 saturated carbocycles. The number of ether oxygens (including phenoxy) is 1. The number of hydrogen-bond acceptors (Lipinski definition) is 3. The Hall–Kier alpha value is -1.29. The van der Waals surface area contributed by atoms with E-state index in [1.54, 1.807) is 12.1 Å². The van der Waals surface area contributed by atoms with Gasteiger partial charge in [0, 0.05) is 24.3 Å². The number of halogens is 1. The summed E-state index contributed by atoms with van der Waals surface area (Å²) in [6.07, 6.45) is 7.76. The molecule has 1 aliphatic carbocycles. The third-order valence-corrected chi connectivity index (χ3v) is 4.15. The topological polar surface area (TPSA) is 47.3 Å². The molecule has 1 aliphatic rings. The fourth-order valence-corrected chi connectivity index (χ4v) is 3.02. The van der Waals surface area contributed by atoms with Crippen LogP contribution in [0.25, 0.3) is 0 Å². The summed E-state index contributed by atoms with van der Waals surface area (Å²) < 4.78 is 18.4. The summed E-state index contributed by atoms with van der Waals surface area (Å²) in [7, 11) is 1.48. The molecule has 0 saturated heterocycles. The standard InChI is InChI=1S/C16H25FN2O/c1-20-16-10-13(7-8-15(16)17)19-14(11-18)9-12-5-3-2-4-6-12/h7-8,10,12,14,19H,2-6,9,11,18H2,1H3. The SMILES string of the molecule is COc1cc(NC(CN)CC2CCCCC2)ccc1F. The minimum Gasteiger partial charge on any atom is -0.494 e. The Morgan fingerprint density at radius 2 is 2.10 bits per heavy atom. The quantitative estimate of drug-likeness (QED) is 0.838. The number of methoxy groups -OCH3 is 1. The first kappa shape index (κ1) is 15.1. The van der Waals surface area contributed by atoms with E-state index < -0.39 is 0 Å². The van der Waals surface area contributed by atoms with Gasteiger partial charge in [-0.05, 0) is 24.5 Å². The molecule has 0 aliphatic heterocycles. The number of anilines is 1. The summed E-state index contributed by atoms with van der Waals surface area (Å²) in [5.41, 5.74) is 6.74. The van der Waals surface area contributed by atoms with Crippen LogP contribution in [0.2, 0.25) is 0 Å². The number of hydrogen-bond donors (Lipinski definition) is 2. The molecular weight excluding hydrogens is 255 g/mol. The van der Waals surface area contributed by atoms with Crippen LogP contribution in [0, 0.1) is 11.7 Å². The van der Waals surface area contributed by atoms with Crippen LogP contribution >= 0.6 is 0 Å². The molecule has 20 heavy (non-hydrogen) atoms. The highest BCUT2D eigenvalue weighted by molar-refractivity contribution is 5.49. The number of benzene rings is 1. The van der Waals surface area contributed by atoms with Crippen LogP contribution in [0.4, 0.5) is 10.1 Å². The van der Waals surface area contributed by atoms with Gasteiger partial charge in [-0.15, -0.1) is 0 Å². The molecule has 2 rings (SSSR count). The Morgan fingerprint density at radius 3 is 2.75 bits per heavy atom. The van der Waals surface area contributed by atoms with E-state index in [9.17, 15) is 4.39 Å². The summed E-state index contributed by atoms with van der Waals surface area (Å²) in [6.45, 7) is 0.593. The zero-order valence-corrected chi connectivity index (χ0v) is 12.2. The smallest absolute Gasteiger partial charge is 0.165 e. The summed E-state index contributed by atoms with van der Waals surface area (Å²) in [5.74, 6) is 0.699. The second-order valence-corrected chi connectivity index (χ2v) is 5.67. The molecular formula is C16H25FN2O. The van der Waals surface area contributed by atoms with E-state index in [-0.39, 0.29) is 17.6 Å². The van der Waals surface area contributed by atoms with Gasteiger partial charge in [0.25, 0.3) is 0 Å². The van der Waals surface area contributed by atoms with Crippen molar-refractivity contribution in [1.82, 2.24) is 0 Å². The van der Waals surface area contributed by atoms with Gasteiger partial charge < -0.3 is 15.8 Å². The minimum absolute atomic E-state index is 0.244. The van der Waals surface area contributed by atoms with E-state index in [1.807, 2.05) is 0 Å². The molecule has 1 atom stereocenters. The van der Waals surface area contributed by atoms with E-state index in [1.165, 1.54) is 45.3 Å². The molecule has 0 aromatic heterocycles. The van der Waals surface area contributed by atoms with E-state index in [2.05, 4.69) is 5.32 Å². The summed E-state index contributed by atoms with van der Waals surface area (Å²) in [4.78, 5) is 0. The largest absolute Gasteiger partial charge is 0.494 e. The summed E-state index contributed by atoms with van der Waals surface area (Å²) >= 11 is 0. The Bertz CT molecular complexity index is 419. The Labute approximate surface area is 120 Å². The Balaban J connectivity index is 1.94. The molecule has 3 N–H and O–H groups in total. The molecule has 1 aromatic rings. The highest BCUT2D eigenvalue weighted by Crippen LogP contribution is 2.28. The summed E-state index contributed by atoms with van der Waals surface area (Å²) in [6, 6.07) is 5.10. The molecule has 3 nitrogen and oxygen atoms in total. The molecule has 0 radical (unpaired) electrons. The molecule has 0 heterocycles. The molecule has 112 valence electrons. The summed E-state index contributed by atoms with van der Waals surface area (Å²) in [5, 5.41) is 3.41. The van der Waals surface area contributed by atoms with Gasteiger partial charge in [-0.2, -0.15) is 0 Å². The Kier molecular flexibility index (Phi) is 5.65. The first-order valence-electron chi connectivity index (χ1n) is 7.53. The molecule has 1 aromatic carbocycles. The lowest BCUT2D eigenvalue weighted by atomic mass is 9.85. The predicted molar refractivity (Wildman–Crippen MR) is 80.6 cm³/mol. The zero-order chi connectivity index (χ0) is 14.4. The van der Waals surface area contributed by atoms with Crippen LogP contribution < -0.4 is 15.8 Å². The average Bonchev–Trinajstić information content (AvgIpc) is 2.49. The van der Waals surface area contributed by atoms with E-state index in [0.29, 0.717) is 6.54 Å². The predicted octanol–water partition coefficient (Wildman–Crippen LogP) is 3.54. The van der Waals surface area contributed by atoms with Crippen molar-refractivity contribution in [2.75, 3.05) is 19.0 Å². The third kappa shape index (κ3) is 4.10. The van der Waals surface area contributed by atoms with Gasteiger partial charge in [-0.1, -0.05) is 32.1 Å². The highest BCUT2D eigenvalue weighted by atomic mass is 19.1. The second kappa shape index (κ2) is 7.48. The molecule has 0 bridgehead atoms. The molecule has 0 amide bonds. The van der Waals surface area contributed by atoms with Crippen molar-refractivity contribution < 1.29 is 9.13 Å². The number of rotatable bonds is 6. The van der Waals surface area contributed by atoms with Crippen molar-refractivity contribution in [2.45, 2.75) is 44.6 Å². The first-order valence-corrected chi connectivity index (χ1v) is 7.53. The fraction of sp³-hybridized carbons (Fsp3) is 0.625. The lowest BCUT2D eigenvalue weighted by molar-refractivity contribution is 0.324. The van der Waals surface area contributed by atoms with Crippen LogP contribution in [0.5, 0.6) is 5.75 Å². The normalized spacial score (nSPS) is 17.8. The van der Waals surface area contributed by atoms with Gasteiger partial charge in [0.1, 0.15) is 0 Å². The van der Waals surface area contributed by atoms with E-state index >= 15 is 0 Å². The van der Waals surface area contributed by atoms with Crippen molar-refractivity contribution >= 4 is 5.69 Å². The van der Waals surface area contributed by atoms with Gasteiger partial charge in [0.2, 0.25) is 0 Å².